The molecule has 0 unspecified atom stereocenters. The minimum atomic E-state index is -0.523. The van der Waals surface area contributed by atoms with Crippen molar-refractivity contribution in [1.29, 1.82) is 0 Å². The molecule has 0 fully saturated rings. The number of hydrogen-bond donors (Lipinski definition) is 0. The lowest BCUT2D eigenvalue weighted by atomic mass is 9.69. The maximum absolute atomic E-state index is 11.7. The number of benzene rings is 1. The Balaban J connectivity index is 3.01. The first kappa shape index (κ1) is 16.4. The third kappa shape index (κ3) is 1.86. The summed E-state index contributed by atoms with van der Waals surface area (Å²) in [6.45, 7) is 11.6. The van der Waals surface area contributed by atoms with E-state index in [2.05, 4.69) is 6.92 Å². The molecule has 0 N–H and O–H groups in total. The van der Waals surface area contributed by atoms with Crippen molar-refractivity contribution in [2.24, 2.45) is 5.92 Å². The van der Waals surface area contributed by atoms with E-state index in [0.29, 0.717) is 5.56 Å². The van der Waals surface area contributed by atoms with Gasteiger partial charge in [-0.25, -0.2) is 0 Å². The standard InChI is InChI=1S/C16H22N2O4/c1-7-16(6)10(3)15(4,5)11-8-12(17(19)20)9(2)14(13(11)16)18(21)22/h8,10H,7H2,1-6H3/t10-,16-/m0/s1. The summed E-state index contributed by atoms with van der Waals surface area (Å²) in [5.74, 6) is 0.153. The van der Waals surface area contributed by atoms with E-state index in [1.807, 2.05) is 27.7 Å². The van der Waals surface area contributed by atoms with E-state index in [9.17, 15) is 20.2 Å². The Hall–Kier alpha value is -1.98. The van der Waals surface area contributed by atoms with Gasteiger partial charge in [0.25, 0.3) is 11.4 Å². The molecule has 0 heterocycles. The van der Waals surface area contributed by atoms with Crippen molar-refractivity contribution in [2.75, 3.05) is 0 Å². The lowest BCUT2D eigenvalue weighted by molar-refractivity contribution is -0.396. The fourth-order valence-electron chi connectivity index (χ4n) is 3.99. The second kappa shape index (κ2) is 4.76. The van der Waals surface area contributed by atoms with Crippen LogP contribution in [0.25, 0.3) is 0 Å². The summed E-state index contributed by atoms with van der Waals surface area (Å²) < 4.78 is 0. The Kier molecular flexibility index (Phi) is 3.55. The summed E-state index contributed by atoms with van der Waals surface area (Å²) in [7, 11) is 0. The fourth-order valence-corrected chi connectivity index (χ4v) is 3.99. The predicted molar refractivity (Wildman–Crippen MR) is 84.3 cm³/mol. The zero-order valence-corrected chi connectivity index (χ0v) is 13.9. The first-order valence-electron chi connectivity index (χ1n) is 7.47. The van der Waals surface area contributed by atoms with Crippen molar-refractivity contribution in [2.45, 2.75) is 58.8 Å². The number of nitrogens with zero attached hydrogens (tertiary/aromatic N) is 2. The molecule has 0 saturated heterocycles. The smallest absolute Gasteiger partial charge is 0.258 e. The van der Waals surface area contributed by atoms with Gasteiger partial charge in [-0.05, 0) is 30.2 Å². The van der Waals surface area contributed by atoms with Crippen LogP contribution >= 0.6 is 0 Å². The summed E-state index contributed by atoms with van der Waals surface area (Å²) in [4.78, 5) is 22.0. The molecule has 0 aliphatic heterocycles. The summed E-state index contributed by atoms with van der Waals surface area (Å²) >= 11 is 0. The Bertz CT molecular complexity index is 681. The van der Waals surface area contributed by atoms with Crippen molar-refractivity contribution in [3.8, 4) is 0 Å². The molecule has 1 aromatic carbocycles. The van der Waals surface area contributed by atoms with Crippen molar-refractivity contribution in [3.05, 3.63) is 43.0 Å². The van der Waals surface area contributed by atoms with E-state index in [0.717, 1.165) is 12.0 Å². The maximum atomic E-state index is 11.7. The number of rotatable bonds is 3. The lowest BCUT2D eigenvalue weighted by Crippen LogP contribution is -2.33. The van der Waals surface area contributed by atoms with Crippen LogP contribution in [0.15, 0.2) is 6.07 Å². The molecule has 0 bridgehead atoms. The summed E-state index contributed by atoms with van der Waals surface area (Å²) in [5.41, 5.74) is 0.633. The van der Waals surface area contributed by atoms with Gasteiger partial charge in [-0.15, -0.1) is 0 Å². The first-order chi connectivity index (χ1) is 10.00. The first-order valence-corrected chi connectivity index (χ1v) is 7.47. The lowest BCUT2D eigenvalue weighted by Gasteiger charge is -2.34. The normalized spacial score (nSPS) is 25.8. The average Bonchev–Trinajstić information content (AvgIpc) is 2.57. The monoisotopic (exact) mass is 306 g/mol. The van der Waals surface area contributed by atoms with E-state index >= 15 is 0 Å². The van der Waals surface area contributed by atoms with E-state index < -0.39 is 9.85 Å². The van der Waals surface area contributed by atoms with E-state index in [4.69, 9.17) is 0 Å². The van der Waals surface area contributed by atoms with Gasteiger partial charge in [-0.3, -0.25) is 20.2 Å². The molecule has 0 saturated carbocycles. The third-order valence-corrected chi connectivity index (χ3v) is 5.94. The topological polar surface area (TPSA) is 86.3 Å². The van der Waals surface area contributed by atoms with E-state index in [1.165, 1.54) is 6.92 Å². The van der Waals surface area contributed by atoms with Crippen LogP contribution < -0.4 is 0 Å². The van der Waals surface area contributed by atoms with Crippen LogP contribution in [0.5, 0.6) is 0 Å². The second-order valence-corrected chi connectivity index (χ2v) is 7.02. The van der Waals surface area contributed by atoms with Crippen LogP contribution in [-0.4, -0.2) is 9.85 Å². The summed E-state index contributed by atoms with van der Waals surface area (Å²) in [6.07, 6.45) is 0.753. The Labute approximate surface area is 129 Å². The molecular weight excluding hydrogens is 284 g/mol. The molecule has 6 heteroatoms. The molecule has 22 heavy (non-hydrogen) atoms. The minimum Gasteiger partial charge on any atom is -0.258 e. The molecule has 0 amide bonds. The second-order valence-electron chi connectivity index (χ2n) is 7.02. The van der Waals surface area contributed by atoms with Crippen LogP contribution in [0, 0.1) is 33.1 Å². The molecule has 0 aromatic heterocycles. The highest BCUT2D eigenvalue weighted by Gasteiger charge is 2.55. The highest BCUT2D eigenvalue weighted by molar-refractivity contribution is 5.67. The van der Waals surface area contributed by atoms with Gasteiger partial charge in [0.2, 0.25) is 0 Å². The number of nitro benzene ring substituents is 2. The molecule has 1 aromatic rings. The van der Waals surface area contributed by atoms with Gasteiger partial charge in [0, 0.05) is 17.0 Å². The van der Waals surface area contributed by atoms with Crippen molar-refractivity contribution < 1.29 is 9.85 Å². The quantitative estimate of drug-likeness (QED) is 0.611. The molecule has 1 aliphatic rings. The van der Waals surface area contributed by atoms with Gasteiger partial charge < -0.3 is 0 Å². The SMILES string of the molecule is CC[C@]1(C)c2c(cc([N+](=O)[O-])c(C)c2[N+](=O)[O-])C(C)(C)[C@@H]1C. The summed E-state index contributed by atoms with van der Waals surface area (Å²) in [6, 6.07) is 1.55. The van der Waals surface area contributed by atoms with Crippen molar-refractivity contribution in [3.63, 3.8) is 0 Å². The zero-order chi connectivity index (χ0) is 17.0. The highest BCUT2D eigenvalue weighted by Crippen LogP contribution is 2.59. The zero-order valence-electron chi connectivity index (χ0n) is 13.9. The molecule has 6 nitrogen and oxygen atoms in total. The number of nitro groups is 2. The van der Waals surface area contributed by atoms with Crippen LogP contribution in [-0.2, 0) is 10.8 Å². The van der Waals surface area contributed by atoms with Crippen LogP contribution in [0.4, 0.5) is 11.4 Å². The van der Waals surface area contributed by atoms with Crippen molar-refractivity contribution in [1.82, 2.24) is 0 Å². The minimum absolute atomic E-state index is 0.0778. The largest absolute Gasteiger partial charge is 0.283 e. The Morgan fingerprint density at radius 3 is 2.14 bits per heavy atom. The molecule has 1 aliphatic carbocycles. The highest BCUT2D eigenvalue weighted by atomic mass is 16.6. The fraction of sp³-hybridized carbons (Fsp3) is 0.625. The number of fused-ring (bicyclic) bond motifs is 1. The van der Waals surface area contributed by atoms with Gasteiger partial charge in [0.15, 0.2) is 0 Å². The van der Waals surface area contributed by atoms with Gasteiger partial charge in [0.1, 0.15) is 5.56 Å². The summed E-state index contributed by atoms with van der Waals surface area (Å²) in [5, 5.41) is 23.0. The van der Waals surface area contributed by atoms with Crippen LogP contribution in [0.3, 0.4) is 0 Å². The van der Waals surface area contributed by atoms with Crippen LogP contribution in [0.2, 0.25) is 0 Å². The van der Waals surface area contributed by atoms with Gasteiger partial charge in [-0.1, -0.05) is 34.6 Å². The number of hydrogen-bond acceptors (Lipinski definition) is 4. The van der Waals surface area contributed by atoms with Crippen molar-refractivity contribution >= 4 is 11.4 Å². The predicted octanol–water partition coefficient (Wildman–Crippen LogP) is 4.41. The Morgan fingerprint density at radius 1 is 1.18 bits per heavy atom. The van der Waals surface area contributed by atoms with Crippen LogP contribution in [0.1, 0.15) is 57.7 Å². The molecule has 2 rings (SSSR count). The van der Waals surface area contributed by atoms with E-state index in [1.54, 1.807) is 6.07 Å². The molecule has 120 valence electrons. The van der Waals surface area contributed by atoms with E-state index in [-0.39, 0.29) is 33.7 Å². The Morgan fingerprint density at radius 2 is 1.73 bits per heavy atom. The molecule has 0 spiro atoms. The van der Waals surface area contributed by atoms with Gasteiger partial charge in [-0.2, -0.15) is 0 Å². The average molecular weight is 306 g/mol. The molecule has 2 atom stereocenters. The molecular formula is C16H22N2O4. The van der Waals surface area contributed by atoms with Gasteiger partial charge in [0.05, 0.1) is 9.85 Å². The maximum Gasteiger partial charge on any atom is 0.283 e. The molecule has 0 radical (unpaired) electrons. The third-order valence-electron chi connectivity index (χ3n) is 5.94. The van der Waals surface area contributed by atoms with Gasteiger partial charge >= 0.3 is 0 Å².